The summed E-state index contributed by atoms with van der Waals surface area (Å²) in [6.45, 7) is 11.3. The summed E-state index contributed by atoms with van der Waals surface area (Å²) in [6.07, 6.45) is 3.46. The van der Waals surface area contributed by atoms with E-state index in [9.17, 15) is 63.9 Å². The number of carbonyl (C=O) groups is 8. The van der Waals surface area contributed by atoms with Crippen molar-refractivity contribution in [3.8, 4) is 29.9 Å². The molecule has 12 atom stereocenters. The molecule has 10 N–H and O–H groups in total. The summed E-state index contributed by atoms with van der Waals surface area (Å²) in [5, 5.41) is 68.5. The third kappa shape index (κ3) is 24.0. The first-order valence-electron chi connectivity index (χ1n) is 33.6. The molecule has 6 rings (SSSR count). The zero-order valence-electron chi connectivity index (χ0n) is 57.3. The molecule has 1 aliphatic carbocycles. The average Bonchev–Trinajstić information content (AvgIpc) is 0.836. The van der Waals surface area contributed by atoms with E-state index in [2.05, 4.69) is 49.3 Å². The van der Waals surface area contributed by atoms with Gasteiger partial charge >= 0.3 is 18.0 Å². The highest BCUT2D eigenvalue weighted by Gasteiger charge is 2.46. The molecule has 27 nitrogen and oxygen atoms in total. The summed E-state index contributed by atoms with van der Waals surface area (Å²) in [7, 11) is 1.89. The number of carboxylic acid groups (broad SMARTS) is 1. The summed E-state index contributed by atoms with van der Waals surface area (Å²) in [4.78, 5) is 121. The lowest BCUT2D eigenvalue weighted by Crippen LogP contribution is -2.60. The molecule has 0 bridgehead atoms. The largest absolute Gasteiger partial charge is 0.481 e. The molecule has 1 aromatic heterocycles. The van der Waals surface area contributed by atoms with Crippen LogP contribution in [0.1, 0.15) is 175 Å². The molecule has 98 heavy (non-hydrogen) atoms. The lowest BCUT2D eigenvalue weighted by molar-refractivity contribution is -0.277. The summed E-state index contributed by atoms with van der Waals surface area (Å²) >= 11 is 1.06. The van der Waals surface area contributed by atoms with Gasteiger partial charge < -0.3 is 70.5 Å². The molecule has 2 fully saturated rings. The standard InChI is InChI=1S/C70H98N8O19S/c1-10-12-20-33-94-78(66(88)58(43(5)11-2)76-64(87)52-23-18-19-32-77(52)9)53(42(3)4)36-55(95-44(6)80)65-75-51(41-98-65)63(86)73-48(37-70(7,8)68(89)90)34-45-24-27-47(28-25-45)74-69(91)93-39-46-26-29-54(96-67-61(84)60(83)59(82)56(38-79)97-67)50(35-46)62(85)72-31-30-71-57(81)40-92-49-21-16-14-13-15-17-22-49/h1,24-29,35,41-43,48-49,52-53,55-56,58-61,67,79,82-84H,11-16,18-21,23,30-34,36-40H2,2-9H3,(H,71,81)(H,72,85)(H,73,86)(H,74,91)(H,76,87)(H,89,90)/t43-,48-,49?,52+,53+,55+,56+,58?,59+,60-,61+,67+/m0/s1. The monoisotopic (exact) mass is 1390 g/mol. The number of nitrogens with zero attached hydrogens (tertiary/aromatic N) is 3. The molecule has 2 aromatic carbocycles. The second-order valence-electron chi connectivity index (χ2n) is 26.0. The van der Waals surface area contributed by atoms with Crippen LogP contribution >= 0.6 is 11.3 Å². The second-order valence-corrected chi connectivity index (χ2v) is 26.9. The predicted octanol–water partition coefficient (Wildman–Crippen LogP) is 5.32. The number of unbranched alkanes of at least 4 members (excludes halogenated alkanes) is 1. The molecular formula is C70H98N8O19S. The minimum atomic E-state index is -1.81. The maximum absolute atomic E-state index is 14.9. The number of likely N-dealkylation sites (N-methyl/N-ethyl adjacent to an activating group) is 1. The van der Waals surface area contributed by atoms with Crippen molar-refractivity contribution in [2.24, 2.45) is 17.3 Å². The normalized spacial score (nSPS) is 21.1. The van der Waals surface area contributed by atoms with Crippen LogP contribution in [0.4, 0.5) is 10.5 Å². The zero-order valence-corrected chi connectivity index (χ0v) is 58.1. The van der Waals surface area contributed by atoms with Gasteiger partial charge in [-0.2, -0.15) is 0 Å². The van der Waals surface area contributed by atoms with Crippen LogP contribution in [0.2, 0.25) is 0 Å². The number of thiazole rings is 1. The third-order valence-electron chi connectivity index (χ3n) is 17.4. The number of likely N-dealkylation sites (tertiary alicyclic amines) is 1. The Bertz CT molecular complexity index is 3260. The van der Waals surface area contributed by atoms with Gasteiger partial charge in [0.25, 0.3) is 17.7 Å². The topological polar surface area (TPSA) is 373 Å². The zero-order chi connectivity index (χ0) is 71.6. The number of hydrogen-bond donors (Lipinski definition) is 10. The number of carbonyl (C=O) groups excluding carboxylic acids is 7. The summed E-state index contributed by atoms with van der Waals surface area (Å²) in [5.41, 5.74) is -0.264. The lowest BCUT2D eigenvalue weighted by Gasteiger charge is -2.39. The summed E-state index contributed by atoms with van der Waals surface area (Å²) in [6, 6.07) is 7.74. The van der Waals surface area contributed by atoms with Crippen LogP contribution in [0, 0.1) is 41.4 Å². The number of aliphatic carboxylic acids is 1. The number of aliphatic hydroxyl groups excluding tert-OH is 4. The highest BCUT2D eigenvalue weighted by Crippen LogP contribution is 2.34. The van der Waals surface area contributed by atoms with E-state index >= 15 is 0 Å². The molecule has 0 spiro atoms. The first kappa shape index (κ1) is 79.2. The van der Waals surface area contributed by atoms with Crippen LogP contribution in [0.25, 0.3) is 0 Å². The van der Waals surface area contributed by atoms with Gasteiger partial charge in [0.15, 0.2) is 6.10 Å². The molecule has 3 aromatic rings. The average molecular weight is 1390 g/mol. The van der Waals surface area contributed by atoms with Gasteiger partial charge in [-0.15, -0.1) is 29.6 Å². The van der Waals surface area contributed by atoms with Crippen LogP contribution < -0.4 is 31.3 Å². The Morgan fingerprint density at radius 2 is 1.64 bits per heavy atom. The number of hydrogen-bond acceptors (Lipinski definition) is 21. The molecule has 0 saturated carbocycles. The van der Waals surface area contributed by atoms with E-state index in [4.69, 9.17) is 34.9 Å². The van der Waals surface area contributed by atoms with Gasteiger partial charge in [-0.3, -0.25) is 48.6 Å². The second kappa shape index (κ2) is 39.1. The van der Waals surface area contributed by atoms with E-state index in [1.807, 2.05) is 39.6 Å². The maximum atomic E-state index is 14.9. The SMILES string of the molecule is C#CCCCON(C(=O)C(NC(=O)[C@H]1CCCCN1C)[C@@H](C)CC)[C@H](C[C@@H](OC(C)=O)c1nc(C(=O)N[C@@H](Cc2ccc(NC(=O)OCc3ccc(O[C@@H]4O[C@H](CO)[C@@H](O)[C@H](O)[C@H]4O)c(C(=O)NCCNC(=O)COC4C#CCCCCC4)c3)cc2)CC(C)(C)C(=O)O)cs1)C(C)C. The summed E-state index contributed by atoms with van der Waals surface area (Å²) in [5.74, 6) is 3.67. The van der Waals surface area contributed by atoms with Crippen LogP contribution in [0.15, 0.2) is 47.8 Å². The van der Waals surface area contributed by atoms with Crippen molar-refractivity contribution in [3.05, 3.63) is 75.2 Å². The molecule has 538 valence electrons. The van der Waals surface area contributed by atoms with Gasteiger partial charge in [0, 0.05) is 56.4 Å². The number of nitrogens with one attached hydrogen (secondary N) is 5. The van der Waals surface area contributed by atoms with Crippen molar-refractivity contribution >= 4 is 64.6 Å². The number of terminal acetylenes is 1. The first-order valence-corrected chi connectivity index (χ1v) is 34.5. The van der Waals surface area contributed by atoms with Crippen molar-refractivity contribution < 1.29 is 92.4 Å². The Kier molecular flexibility index (Phi) is 31.6. The molecule has 3 heterocycles. The Morgan fingerprint density at radius 1 is 0.918 bits per heavy atom. The Balaban J connectivity index is 1.12. The Labute approximate surface area is 577 Å². The van der Waals surface area contributed by atoms with E-state index < -0.39 is 115 Å². The quantitative estimate of drug-likeness (QED) is 0.0154. The van der Waals surface area contributed by atoms with E-state index in [1.54, 1.807) is 24.3 Å². The molecule has 0 radical (unpaired) electrons. The highest BCUT2D eigenvalue weighted by molar-refractivity contribution is 7.09. The number of amides is 6. The van der Waals surface area contributed by atoms with Crippen molar-refractivity contribution in [1.29, 1.82) is 0 Å². The number of rotatable bonds is 35. The molecule has 2 saturated heterocycles. The van der Waals surface area contributed by atoms with Gasteiger partial charge in [0.2, 0.25) is 18.1 Å². The fourth-order valence-electron chi connectivity index (χ4n) is 11.4. The van der Waals surface area contributed by atoms with Gasteiger partial charge in [0.05, 0.1) is 36.3 Å². The number of piperidine rings is 1. The number of esters is 1. The number of aromatic nitrogens is 1. The molecule has 28 heteroatoms. The van der Waals surface area contributed by atoms with E-state index in [1.165, 1.54) is 49.4 Å². The minimum absolute atomic E-state index is 0.0109. The lowest BCUT2D eigenvalue weighted by atomic mass is 9.84. The number of anilines is 1. The van der Waals surface area contributed by atoms with Crippen LogP contribution in [-0.2, 0) is 60.8 Å². The van der Waals surface area contributed by atoms with E-state index in [0.717, 1.165) is 62.8 Å². The van der Waals surface area contributed by atoms with Crippen molar-refractivity contribution in [2.75, 3.05) is 51.8 Å². The number of hydroxylamine groups is 2. The van der Waals surface area contributed by atoms with Gasteiger partial charge in [-0.05, 0) is 126 Å². The third-order valence-corrected chi connectivity index (χ3v) is 18.3. The number of ether oxygens (including phenoxy) is 5. The fourth-order valence-corrected chi connectivity index (χ4v) is 12.3. The van der Waals surface area contributed by atoms with Crippen molar-refractivity contribution in [3.63, 3.8) is 0 Å². The molecule has 2 unspecified atom stereocenters. The minimum Gasteiger partial charge on any atom is -0.481 e. The number of aliphatic hydroxyl groups is 4. The van der Waals surface area contributed by atoms with Crippen molar-refractivity contribution in [2.45, 2.75) is 212 Å². The van der Waals surface area contributed by atoms with Crippen LogP contribution in [-0.4, -0.2) is 196 Å². The van der Waals surface area contributed by atoms with E-state index in [0.29, 0.717) is 42.5 Å². The highest BCUT2D eigenvalue weighted by atomic mass is 32.1. The smallest absolute Gasteiger partial charge is 0.411 e. The maximum Gasteiger partial charge on any atom is 0.411 e. The van der Waals surface area contributed by atoms with E-state index in [-0.39, 0.29) is 98.0 Å². The van der Waals surface area contributed by atoms with Gasteiger partial charge in [0.1, 0.15) is 66.2 Å². The van der Waals surface area contributed by atoms with Crippen LogP contribution in [0.5, 0.6) is 5.75 Å². The van der Waals surface area contributed by atoms with Crippen molar-refractivity contribution in [1.82, 2.24) is 36.2 Å². The Morgan fingerprint density at radius 3 is 2.33 bits per heavy atom. The number of carboxylic acids is 1. The van der Waals surface area contributed by atoms with Gasteiger partial charge in [-0.1, -0.05) is 71.1 Å². The molecular weight excluding hydrogens is 1290 g/mol. The number of benzene rings is 2. The Hall–Kier alpha value is -7.77. The molecule has 3 aliphatic rings. The summed E-state index contributed by atoms with van der Waals surface area (Å²) < 4.78 is 28.5. The van der Waals surface area contributed by atoms with Gasteiger partial charge in [-0.25, -0.2) is 14.8 Å². The fraction of sp³-hybridized carbons (Fsp3) is 0.614. The predicted molar refractivity (Wildman–Crippen MR) is 360 cm³/mol. The van der Waals surface area contributed by atoms with Crippen LogP contribution in [0.3, 0.4) is 0 Å². The first-order chi connectivity index (χ1) is 46.7. The molecule has 2 aliphatic heterocycles. The molecule has 6 amide bonds.